The molecule has 0 saturated carbocycles. The summed E-state index contributed by atoms with van der Waals surface area (Å²) in [5.74, 6) is 0.704. The normalized spacial score (nSPS) is 11.8. The molecular formula is C12H20ClN3. The van der Waals surface area contributed by atoms with Gasteiger partial charge in [0.1, 0.15) is 0 Å². The highest BCUT2D eigenvalue weighted by atomic mass is 35.5. The smallest absolute Gasteiger partial charge is 0.0859 e. The highest BCUT2D eigenvalue weighted by Gasteiger charge is 2.00. The van der Waals surface area contributed by atoms with E-state index in [1.165, 1.54) is 0 Å². The zero-order chi connectivity index (χ0) is 12.0. The summed E-state index contributed by atoms with van der Waals surface area (Å²) < 4.78 is 1.78. The fraction of sp³-hybridized carbons (Fsp3) is 0.583. The summed E-state index contributed by atoms with van der Waals surface area (Å²) in [7, 11) is 1.89. The maximum absolute atomic E-state index is 5.98. The highest BCUT2D eigenvalue weighted by Crippen LogP contribution is 2.15. The van der Waals surface area contributed by atoms with Gasteiger partial charge in [-0.05, 0) is 31.5 Å². The number of rotatable bonds is 6. The SMILES string of the molecule is CC(C)CNCC/C=C/c1c(Cl)cnn1C. The minimum atomic E-state index is 0.703. The van der Waals surface area contributed by atoms with Gasteiger partial charge in [0, 0.05) is 7.05 Å². The van der Waals surface area contributed by atoms with Gasteiger partial charge in [-0.2, -0.15) is 5.10 Å². The number of nitrogens with one attached hydrogen (secondary N) is 1. The molecule has 0 aliphatic rings. The van der Waals surface area contributed by atoms with Crippen molar-refractivity contribution in [2.45, 2.75) is 20.3 Å². The summed E-state index contributed by atoms with van der Waals surface area (Å²) in [6.45, 7) is 6.49. The highest BCUT2D eigenvalue weighted by molar-refractivity contribution is 6.31. The largest absolute Gasteiger partial charge is 0.316 e. The van der Waals surface area contributed by atoms with Crippen LogP contribution in [0.3, 0.4) is 0 Å². The van der Waals surface area contributed by atoms with Gasteiger partial charge in [0.15, 0.2) is 0 Å². The standard InChI is InChI=1S/C12H20ClN3/c1-10(2)8-14-7-5-4-6-12-11(13)9-15-16(12)3/h4,6,9-10,14H,5,7-8H2,1-3H3/b6-4+. The second-order valence-corrected chi connectivity index (χ2v) is 4.70. The molecule has 0 saturated heterocycles. The van der Waals surface area contributed by atoms with Crippen LogP contribution in [0.2, 0.25) is 5.02 Å². The van der Waals surface area contributed by atoms with Gasteiger partial charge in [-0.15, -0.1) is 0 Å². The Hall–Kier alpha value is -0.800. The Morgan fingerprint density at radius 2 is 2.31 bits per heavy atom. The summed E-state index contributed by atoms with van der Waals surface area (Å²) in [6, 6.07) is 0. The quantitative estimate of drug-likeness (QED) is 0.777. The molecule has 1 aromatic rings. The van der Waals surface area contributed by atoms with Crippen molar-refractivity contribution in [2.75, 3.05) is 13.1 Å². The number of halogens is 1. The Balaban J connectivity index is 2.27. The molecule has 4 heteroatoms. The first-order chi connectivity index (χ1) is 7.61. The molecule has 1 heterocycles. The van der Waals surface area contributed by atoms with E-state index in [4.69, 9.17) is 11.6 Å². The number of aromatic nitrogens is 2. The molecule has 0 radical (unpaired) electrons. The van der Waals surface area contributed by atoms with Crippen LogP contribution in [0.1, 0.15) is 26.0 Å². The van der Waals surface area contributed by atoms with Crippen LogP contribution < -0.4 is 5.32 Å². The van der Waals surface area contributed by atoms with Gasteiger partial charge in [0.2, 0.25) is 0 Å². The number of hydrogen-bond acceptors (Lipinski definition) is 2. The summed E-state index contributed by atoms with van der Waals surface area (Å²) in [4.78, 5) is 0. The van der Waals surface area contributed by atoms with Gasteiger partial charge in [0.05, 0.1) is 16.9 Å². The Labute approximate surface area is 102 Å². The second kappa shape index (κ2) is 6.71. The predicted molar refractivity (Wildman–Crippen MR) is 69.6 cm³/mol. The minimum Gasteiger partial charge on any atom is -0.316 e. The molecule has 16 heavy (non-hydrogen) atoms. The predicted octanol–water partition coefficient (Wildman–Crippen LogP) is 2.72. The van der Waals surface area contributed by atoms with Crippen molar-refractivity contribution in [2.24, 2.45) is 13.0 Å². The Bertz CT molecular complexity index is 323. The molecule has 0 amide bonds. The first-order valence-electron chi connectivity index (χ1n) is 5.66. The minimum absolute atomic E-state index is 0.703. The van der Waals surface area contributed by atoms with Crippen molar-refractivity contribution in [3.8, 4) is 0 Å². The van der Waals surface area contributed by atoms with Crippen molar-refractivity contribution in [1.82, 2.24) is 15.1 Å². The average molecular weight is 242 g/mol. The third kappa shape index (κ3) is 4.37. The van der Waals surface area contributed by atoms with Crippen molar-refractivity contribution < 1.29 is 0 Å². The maximum atomic E-state index is 5.98. The molecular weight excluding hydrogens is 222 g/mol. The number of hydrogen-bond donors (Lipinski definition) is 1. The molecule has 0 spiro atoms. The first kappa shape index (κ1) is 13.3. The van der Waals surface area contributed by atoms with Gasteiger partial charge < -0.3 is 5.32 Å². The molecule has 0 aromatic carbocycles. The molecule has 0 aliphatic carbocycles. The summed E-state index contributed by atoms with van der Waals surface area (Å²) in [5.41, 5.74) is 0.963. The van der Waals surface area contributed by atoms with Crippen LogP contribution in [0.4, 0.5) is 0 Å². The molecule has 90 valence electrons. The van der Waals surface area contributed by atoms with E-state index in [2.05, 4.69) is 30.3 Å². The molecule has 1 rings (SSSR count). The van der Waals surface area contributed by atoms with E-state index in [0.717, 1.165) is 25.2 Å². The third-order valence-corrected chi connectivity index (χ3v) is 2.54. The molecule has 0 unspecified atom stereocenters. The summed E-state index contributed by atoms with van der Waals surface area (Å²) in [5, 5.41) is 8.16. The van der Waals surface area contributed by atoms with E-state index in [-0.39, 0.29) is 0 Å². The zero-order valence-corrected chi connectivity index (χ0v) is 11.0. The van der Waals surface area contributed by atoms with Crippen molar-refractivity contribution in [1.29, 1.82) is 0 Å². The van der Waals surface area contributed by atoms with Crippen LogP contribution in [-0.2, 0) is 7.05 Å². The third-order valence-electron chi connectivity index (χ3n) is 2.25. The van der Waals surface area contributed by atoms with E-state index in [1.54, 1.807) is 10.9 Å². The molecule has 0 fully saturated rings. The summed E-state index contributed by atoms with van der Waals surface area (Å²) >= 11 is 5.98. The lowest BCUT2D eigenvalue weighted by Crippen LogP contribution is -2.20. The van der Waals surface area contributed by atoms with Crippen LogP contribution in [-0.4, -0.2) is 22.9 Å². The van der Waals surface area contributed by atoms with Gasteiger partial charge in [-0.3, -0.25) is 4.68 Å². The van der Waals surface area contributed by atoms with Crippen LogP contribution >= 0.6 is 11.6 Å². The van der Waals surface area contributed by atoms with Gasteiger partial charge in [0.25, 0.3) is 0 Å². The fourth-order valence-corrected chi connectivity index (χ4v) is 1.61. The van der Waals surface area contributed by atoms with Crippen molar-refractivity contribution in [3.63, 3.8) is 0 Å². The lowest BCUT2D eigenvalue weighted by Gasteiger charge is -2.04. The van der Waals surface area contributed by atoms with Crippen LogP contribution in [0, 0.1) is 5.92 Å². The van der Waals surface area contributed by atoms with Gasteiger partial charge >= 0.3 is 0 Å². The lowest BCUT2D eigenvalue weighted by atomic mass is 10.2. The lowest BCUT2D eigenvalue weighted by molar-refractivity contribution is 0.557. The zero-order valence-electron chi connectivity index (χ0n) is 10.2. The average Bonchev–Trinajstić information content (AvgIpc) is 2.53. The van der Waals surface area contributed by atoms with Gasteiger partial charge in [-0.1, -0.05) is 31.5 Å². The van der Waals surface area contributed by atoms with Gasteiger partial charge in [-0.25, -0.2) is 0 Å². The van der Waals surface area contributed by atoms with Crippen LogP contribution in [0.5, 0.6) is 0 Å². The van der Waals surface area contributed by atoms with E-state index in [1.807, 2.05) is 13.1 Å². The molecule has 0 bridgehead atoms. The maximum Gasteiger partial charge on any atom is 0.0859 e. The van der Waals surface area contributed by atoms with E-state index in [9.17, 15) is 0 Å². The Morgan fingerprint density at radius 3 is 2.88 bits per heavy atom. The molecule has 1 aromatic heterocycles. The number of nitrogens with zero attached hydrogens (tertiary/aromatic N) is 2. The molecule has 0 aliphatic heterocycles. The van der Waals surface area contributed by atoms with Crippen LogP contribution in [0.25, 0.3) is 6.08 Å². The molecule has 3 nitrogen and oxygen atoms in total. The van der Waals surface area contributed by atoms with Crippen molar-refractivity contribution in [3.05, 3.63) is 23.0 Å². The molecule has 0 atom stereocenters. The Morgan fingerprint density at radius 1 is 1.56 bits per heavy atom. The topological polar surface area (TPSA) is 29.9 Å². The molecule has 1 N–H and O–H groups in total. The van der Waals surface area contributed by atoms with E-state index >= 15 is 0 Å². The van der Waals surface area contributed by atoms with E-state index in [0.29, 0.717) is 10.9 Å². The monoisotopic (exact) mass is 241 g/mol. The second-order valence-electron chi connectivity index (χ2n) is 4.29. The Kier molecular flexibility index (Phi) is 5.56. The fourth-order valence-electron chi connectivity index (χ4n) is 1.38. The first-order valence-corrected chi connectivity index (χ1v) is 6.03. The van der Waals surface area contributed by atoms with Crippen molar-refractivity contribution >= 4 is 17.7 Å². The van der Waals surface area contributed by atoms with E-state index < -0.39 is 0 Å². The van der Waals surface area contributed by atoms with Crippen LogP contribution in [0.15, 0.2) is 12.3 Å². The number of aryl methyl sites for hydroxylation is 1. The summed E-state index contributed by atoms with van der Waals surface area (Å²) in [6.07, 6.45) is 6.81.